The van der Waals surface area contributed by atoms with Gasteiger partial charge in [-0.25, -0.2) is 4.79 Å². The summed E-state index contributed by atoms with van der Waals surface area (Å²) in [5, 5.41) is 2.92. The highest BCUT2D eigenvalue weighted by atomic mass is 16.6. The molecule has 0 aliphatic carbocycles. The molecule has 0 heterocycles. The van der Waals surface area contributed by atoms with Crippen LogP contribution < -0.4 is 5.32 Å². The van der Waals surface area contributed by atoms with Gasteiger partial charge in [0.25, 0.3) is 0 Å². The van der Waals surface area contributed by atoms with Crippen LogP contribution in [-0.2, 0) is 11.2 Å². The maximum absolute atomic E-state index is 12.2. The van der Waals surface area contributed by atoms with E-state index >= 15 is 0 Å². The number of unbranched alkanes of at least 4 members (excludes halogenated alkanes) is 1. The van der Waals surface area contributed by atoms with E-state index in [1.165, 1.54) is 18.4 Å². The van der Waals surface area contributed by atoms with E-state index in [1.807, 2.05) is 39.0 Å². The molecule has 0 spiro atoms. The molecule has 2 aromatic rings. The maximum atomic E-state index is 12.2. The first-order valence-corrected chi connectivity index (χ1v) is 9.52. The Morgan fingerprint density at radius 3 is 2.35 bits per heavy atom. The van der Waals surface area contributed by atoms with Crippen LogP contribution >= 0.6 is 0 Å². The van der Waals surface area contributed by atoms with Crippen molar-refractivity contribution < 1.29 is 9.53 Å². The average Bonchev–Trinajstić information content (AvgIpc) is 2.59. The third-order valence-corrected chi connectivity index (χ3v) is 4.30. The Morgan fingerprint density at radius 1 is 1.04 bits per heavy atom. The molecule has 1 atom stereocenters. The molecule has 0 radical (unpaired) electrons. The number of anilines is 1. The van der Waals surface area contributed by atoms with Gasteiger partial charge < -0.3 is 4.74 Å². The molecule has 0 saturated heterocycles. The number of benzene rings is 2. The molecule has 1 N–H and O–H groups in total. The zero-order valence-corrected chi connectivity index (χ0v) is 16.4. The fourth-order valence-corrected chi connectivity index (χ4v) is 3.06. The number of nitrogens with one attached hydrogen (secondary N) is 1. The lowest BCUT2D eigenvalue weighted by Gasteiger charge is -2.22. The summed E-state index contributed by atoms with van der Waals surface area (Å²) in [5.74, 6) is 0.442. The highest BCUT2D eigenvalue weighted by Crippen LogP contribution is 2.29. The van der Waals surface area contributed by atoms with E-state index < -0.39 is 11.7 Å². The van der Waals surface area contributed by atoms with Crippen molar-refractivity contribution in [3.8, 4) is 0 Å². The number of para-hydroxylation sites is 1. The van der Waals surface area contributed by atoms with Gasteiger partial charge in [-0.05, 0) is 56.7 Å². The summed E-state index contributed by atoms with van der Waals surface area (Å²) in [6.07, 6.45) is 4.01. The molecule has 2 rings (SSSR count). The van der Waals surface area contributed by atoms with Crippen LogP contribution in [0.25, 0.3) is 0 Å². The Kier molecular flexibility index (Phi) is 7.26. The van der Waals surface area contributed by atoms with Crippen LogP contribution in [0.1, 0.15) is 64.0 Å². The van der Waals surface area contributed by atoms with Crippen LogP contribution in [0.3, 0.4) is 0 Å². The molecule has 0 bridgehead atoms. The summed E-state index contributed by atoms with van der Waals surface area (Å²) in [4.78, 5) is 12.2. The molecule has 0 saturated carbocycles. The molecule has 0 fully saturated rings. The van der Waals surface area contributed by atoms with Crippen molar-refractivity contribution in [2.75, 3.05) is 5.32 Å². The van der Waals surface area contributed by atoms with E-state index in [9.17, 15) is 4.79 Å². The van der Waals surface area contributed by atoms with Gasteiger partial charge in [-0.15, -0.1) is 0 Å². The largest absolute Gasteiger partial charge is 0.444 e. The van der Waals surface area contributed by atoms with Crippen LogP contribution in [0, 0.1) is 0 Å². The molecule has 3 nitrogen and oxygen atoms in total. The van der Waals surface area contributed by atoms with Crippen molar-refractivity contribution in [1.82, 2.24) is 0 Å². The predicted molar refractivity (Wildman–Crippen MR) is 109 cm³/mol. The first-order chi connectivity index (χ1) is 12.4. The molecule has 0 aromatic heterocycles. The highest BCUT2D eigenvalue weighted by molar-refractivity contribution is 5.86. The number of carbonyl (C=O) groups excluding carboxylic acids is 1. The van der Waals surface area contributed by atoms with Gasteiger partial charge in [-0.1, -0.05) is 68.3 Å². The maximum Gasteiger partial charge on any atom is 0.412 e. The van der Waals surface area contributed by atoms with Gasteiger partial charge >= 0.3 is 6.09 Å². The Hall–Kier alpha value is -2.29. The zero-order chi connectivity index (χ0) is 19.0. The molecular weight excluding hydrogens is 322 g/mol. The number of hydrogen-bond acceptors (Lipinski definition) is 2. The van der Waals surface area contributed by atoms with Crippen LogP contribution in [0.2, 0.25) is 0 Å². The van der Waals surface area contributed by atoms with Crippen LogP contribution in [0.15, 0.2) is 54.6 Å². The van der Waals surface area contributed by atoms with E-state index in [0.717, 1.165) is 24.1 Å². The average molecular weight is 354 g/mol. The quantitative estimate of drug-likeness (QED) is 0.613. The minimum atomic E-state index is -0.507. The standard InChI is InChI=1S/C23H31NO2/c1-5-6-12-19(18-13-8-7-9-14-18)17-20-15-10-11-16-21(20)24-22(25)26-23(2,3)4/h7-11,13-16,19H,5-6,12,17H2,1-4H3,(H,24,25). The second kappa shape index (κ2) is 9.42. The Labute approximate surface area is 157 Å². The van der Waals surface area contributed by atoms with E-state index in [4.69, 9.17) is 4.74 Å². The summed E-state index contributed by atoms with van der Waals surface area (Å²) in [6, 6.07) is 18.7. The van der Waals surface area contributed by atoms with Crippen LogP contribution in [-0.4, -0.2) is 11.7 Å². The van der Waals surface area contributed by atoms with E-state index in [2.05, 4.69) is 48.6 Å². The second-order valence-electron chi connectivity index (χ2n) is 7.74. The Balaban J connectivity index is 2.17. The summed E-state index contributed by atoms with van der Waals surface area (Å²) in [6.45, 7) is 7.83. The zero-order valence-electron chi connectivity index (χ0n) is 16.4. The predicted octanol–water partition coefficient (Wildman–Crippen LogP) is 6.55. The van der Waals surface area contributed by atoms with Gasteiger partial charge in [0.05, 0.1) is 0 Å². The number of amides is 1. The molecule has 140 valence electrons. The Morgan fingerprint density at radius 2 is 1.69 bits per heavy atom. The minimum Gasteiger partial charge on any atom is -0.444 e. The fourth-order valence-electron chi connectivity index (χ4n) is 3.06. The molecule has 2 aromatic carbocycles. The van der Waals surface area contributed by atoms with Crippen LogP contribution in [0.5, 0.6) is 0 Å². The normalized spacial score (nSPS) is 12.5. The van der Waals surface area contributed by atoms with Gasteiger partial charge in [0.1, 0.15) is 5.60 Å². The fraction of sp³-hybridized carbons (Fsp3) is 0.435. The minimum absolute atomic E-state index is 0.408. The number of rotatable bonds is 7. The lowest BCUT2D eigenvalue weighted by atomic mass is 9.87. The van der Waals surface area contributed by atoms with Gasteiger partial charge in [-0.2, -0.15) is 0 Å². The third kappa shape index (κ3) is 6.55. The van der Waals surface area contributed by atoms with Crippen LogP contribution in [0.4, 0.5) is 10.5 Å². The highest BCUT2D eigenvalue weighted by Gasteiger charge is 2.18. The van der Waals surface area contributed by atoms with Crippen molar-refractivity contribution >= 4 is 11.8 Å². The first-order valence-electron chi connectivity index (χ1n) is 9.52. The summed E-state index contributed by atoms with van der Waals surface area (Å²) in [5.41, 5.74) is 2.82. The smallest absolute Gasteiger partial charge is 0.412 e. The molecule has 1 unspecified atom stereocenters. The van der Waals surface area contributed by atoms with Gasteiger partial charge in [0.15, 0.2) is 0 Å². The van der Waals surface area contributed by atoms with Crippen molar-refractivity contribution in [3.05, 3.63) is 65.7 Å². The third-order valence-electron chi connectivity index (χ3n) is 4.30. The number of carbonyl (C=O) groups is 1. The Bertz CT molecular complexity index is 689. The van der Waals surface area contributed by atoms with E-state index in [1.54, 1.807) is 0 Å². The topological polar surface area (TPSA) is 38.3 Å². The number of hydrogen-bond donors (Lipinski definition) is 1. The monoisotopic (exact) mass is 353 g/mol. The van der Waals surface area contributed by atoms with Gasteiger partial charge in [-0.3, -0.25) is 5.32 Å². The number of ether oxygens (including phenoxy) is 1. The summed E-state index contributed by atoms with van der Waals surface area (Å²) < 4.78 is 5.40. The SMILES string of the molecule is CCCCC(Cc1ccccc1NC(=O)OC(C)(C)C)c1ccccc1. The first kappa shape index (κ1) is 20.0. The molecule has 0 aliphatic rings. The molecule has 0 aliphatic heterocycles. The van der Waals surface area contributed by atoms with Crippen molar-refractivity contribution in [3.63, 3.8) is 0 Å². The van der Waals surface area contributed by atoms with Crippen molar-refractivity contribution in [2.24, 2.45) is 0 Å². The summed E-state index contributed by atoms with van der Waals surface area (Å²) >= 11 is 0. The molecule has 26 heavy (non-hydrogen) atoms. The second-order valence-corrected chi connectivity index (χ2v) is 7.74. The lowest BCUT2D eigenvalue weighted by Crippen LogP contribution is -2.27. The van der Waals surface area contributed by atoms with E-state index in [-0.39, 0.29) is 0 Å². The molecule has 1 amide bonds. The molecular formula is C23H31NO2. The van der Waals surface area contributed by atoms with Crippen molar-refractivity contribution in [1.29, 1.82) is 0 Å². The van der Waals surface area contributed by atoms with E-state index in [0.29, 0.717) is 5.92 Å². The molecule has 3 heteroatoms. The summed E-state index contributed by atoms with van der Waals surface area (Å²) in [7, 11) is 0. The van der Waals surface area contributed by atoms with Crippen molar-refractivity contribution in [2.45, 2.75) is 64.9 Å². The lowest BCUT2D eigenvalue weighted by molar-refractivity contribution is 0.0636. The van der Waals surface area contributed by atoms with Gasteiger partial charge in [0.2, 0.25) is 0 Å². The van der Waals surface area contributed by atoms with Gasteiger partial charge in [0, 0.05) is 5.69 Å².